The Morgan fingerprint density at radius 1 is 0.676 bits per heavy atom. The van der Waals surface area contributed by atoms with Crippen molar-refractivity contribution < 1.29 is 23.9 Å². The topological polar surface area (TPSA) is 72.9 Å². The van der Waals surface area contributed by atoms with Crippen LogP contribution in [0.4, 0.5) is 5.69 Å². The number of imide groups is 1. The van der Waals surface area contributed by atoms with Gasteiger partial charge < -0.3 is 9.47 Å². The molecule has 0 N–H and O–H groups in total. The zero-order valence-electron chi connectivity index (χ0n) is 20.5. The van der Waals surface area contributed by atoms with Crippen molar-refractivity contribution in [2.45, 2.75) is 25.7 Å². The molecule has 0 unspecified atom stereocenters. The number of benzene rings is 3. The molecule has 3 aromatic rings. The van der Waals surface area contributed by atoms with Gasteiger partial charge in [0.1, 0.15) is 11.5 Å². The molecule has 3 aromatic carbocycles. The van der Waals surface area contributed by atoms with Crippen LogP contribution in [0.3, 0.4) is 0 Å². The van der Waals surface area contributed by atoms with Crippen LogP contribution in [0.2, 0.25) is 0 Å². The number of nitrogens with zero attached hydrogens (tertiary/aromatic N) is 1. The molecule has 2 amide bonds. The molecular formula is C31H29NO5. The lowest BCUT2D eigenvalue weighted by atomic mass is 10.1. The Balaban J connectivity index is 1.07. The molecule has 0 spiro atoms. The summed E-state index contributed by atoms with van der Waals surface area (Å²) >= 11 is 0. The van der Waals surface area contributed by atoms with Crippen LogP contribution in [0.25, 0.3) is 6.08 Å². The maximum absolute atomic E-state index is 12.2. The van der Waals surface area contributed by atoms with Crippen LogP contribution in [0.1, 0.15) is 41.6 Å². The van der Waals surface area contributed by atoms with Gasteiger partial charge in [0.25, 0.3) is 11.8 Å². The fourth-order valence-electron chi connectivity index (χ4n) is 3.83. The molecule has 0 radical (unpaired) electrons. The molecule has 0 fully saturated rings. The fourth-order valence-corrected chi connectivity index (χ4v) is 3.83. The molecule has 0 aromatic heterocycles. The highest BCUT2D eigenvalue weighted by Crippen LogP contribution is 2.22. The number of allylic oxidation sites excluding steroid dienone is 1. The van der Waals surface area contributed by atoms with Crippen LogP contribution >= 0.6 is 0 Å². The molecule has 37 heavy (non-hydrogen) atoms. The summed E-state index contributed by atoms with van der Waals surface area (Å²) < 4.78 is 11.6. The molecule has 1 heterocycles. The first kappa shape index (κ1) is 25.6. The van der Waals surface area contributed by atoms with E-state index in [2.05, 4.69) is 0 Å². The van der Waals surface area contributed by atoms with Gasteiger partial charge in [-0.3, -0.25) is 14.4 Å². The minimum Gasteiger partial charge on any atom is -0.494 e. The van der Waals surface area contributed by atoms with Crippen molar-refractivity contribution in [2.75, 3.05) is 18.1 Å². The number of amides is 2. The minimum atomic E-state index is -0.330. The first-order valence-corrected chi connectivity index (χ1v) is 12.4. The van der Waals surface area contributed by atoms with E-state index in [1.807, 2.05) is 48.5 Å². The molecule has 0 saturated carbocycles. The van der Waals surface area contributed by atoms with E-state index in [0.29, 0.717) is 30.2 Å². The van der Waals surface area contributed by atoms with Crippen molar-refractivity contribution in [1.82, 2.24) is 0 Å². The number of hydrogen-bond donors (Lipinski definition) is 0. The molecule has 6 nitrogen and oxygen atoms in total. The van der Waals surface area contributed by atoms with Gasteiger partial charge in [-0.2, -0.15) is 0 Å². The van der Waals surface area contributed by atoms with Crippen LogP contribution in [0.5, 0.6) is 11.5 Å². The Morgan fingerprint density at radius 2 is 1.22 bits per heavy atom. The molecule has 0 aliphatic carbocycles. The predicted molar refractivity (Wildman–Crippen MR) is 144 cm³/mol. The third-order valence-corrected chi connectivity index (χ3v) is 5.85. The number of unbranched alkanes of at least 4 members (excludes halogenated alkanes) is 3. The molecule has 188 valence electrons. The summed E-state index contributed by atoms with van der Waals surface area (Å²) in [5.41, 5.74) is 2.16. The SMILES string of the molecule is O=C(/C=C/c1ccc(OCCCCCCOc2ccc(N3C(=O)C=CC3=O)cc2)cc1)c1ccccc1. The van der Waals surface area contributed by atoms with Gasteiger partial charge in [0.2, 0.25) is 0 Å². The monoisotopic (exact) mass is 495 g/mol. The van der Waals surface area contributed by atoms with E-state index in [0.717, 1.165) is 41.9 Å². The van der Waals surface area contributed by atoms with E-state index in [9.17, 15) is 14.4 Å². The normalized spacial score (nSPS) is 12.9. The molecule has 0 bridgehead atoms. The Bertz CT molecular complexity index is 1240. The summed E-state index contributed by atoms with van der Waals surface area (Å²) in [5, 5.41) is 0. The lowest BCUT2D eigenvalue weighted by Crippen LogP contribution is -2.29. The lowest BCUT2D eigenvalue weighted by molar-refractivity contribution is -0.119. The lowest BCUT2D eigenvalue weighted by Gasteiger charge is -2.14. The van der Waals surface area contributed by atoms with Gasteiger partial charge in [-0.25, -0.2) is 4.90 Å². The van der Waals surface area contributed by atoms with Crippen molar-refractivity contribution in [1.29, 1.82) is 0 Å². The van der Waals surface area contributed by atoms with Gasteiger partial charge in [-0.1, -0.05) is 48.5 Å². The average Bonchev–Trinajstić information content (AvgIpc) is 3.27. The number of ether oxygens (including phenoxy) is 2. The number of carbonyl (C=O) groups excluding carboxylic acids is 3. The summed E-state index contributed by atoms with van der Waals surface area (Å²) in [6.07, 6.45) is 9.88. The first-order valence-electron chi connectivity index (χ1n) is 12.4. The second kappa shape index (κ2) is 13.0. The van der Waals surface area contributed by atoms with Gasteiger partial charge in [0, 0.05) is 17.7 Å². The van der Waals surface area contributed by atoms with E-state index in [-0.39, 0.29) is 17.6 Å². The molecule has 1 aliphatic rings. The molecule has 0 atom stereocenters. The third-order valence-electron chi connectivity index (χ3n) is 5.85. The number of rotatable bonds is 13. The standard InChI is InChI=1S/C31H29NO5/c33-29(25-8-4-3-5-9-25)19-12-24-10-15-27(16-11-24)36-22-6-1-2-7-23-37-28-17-13-26(14-18-28)32-30(34)20-21-31(32)35/h3-5,8-21H,1-2,6-7,22-23H2/b19-12+. The first-order chi connectivity index (χ1) is 18.1. The highest BCUT2D eigenvalue weighted by molar-refractivity contribution is 6.28. The van der Waals surface area contributed by atoms with E-state index >= 15 is 0 Å². The maximum Gasteiger partial charge on any atom is 0.258 e. The Hall–Kier alpha value is -4.45. The molecular weight excluding hydrogens is 466 g/mol. The summed E-state index contributed by atoms with van der Waals surface area (Å²) in [6, 6.07) is 23.9. The Kier molecular flexibility index (Phi) is 9.02. The van der Waals surface area contributed by atoms with Gasteiger partial charge in [0.05, 0.1) is 18.9 Å². The number of carbonyl (C=O) groups is 3. The molecule has 0 saturated heterocycles. The number of hydrogen-bond acceptors (Lipinski definition) is 5. The van der Waals surface area contributed by atoms with Crippen LogP contribution < -0.4 is 14.4 Å². The summed E-state index contributed by atoms with van der Waals surface area (Å²) in [5.74, 6) is 0.844. The van der Waals surface area contributed by atoms with E-state index in [1.165, 1.54) is 12.2 Å². The van der Waals surface area contributed by atoms with Gasteiger partial charge in [-0.05, 0) is 73.7 Å². The fraction of sp³-hybridized carbons (Fsp3) is 0.194. The van der Waals surface area contributed by atoms with Crippen molar-refractivity contribution in [2.24, 2.45) is 0 Å². The quantitative estimate of drug-likeness (QED) is 0.125. The van der Waals surface area contributed by atoms with Crippen molar-refractivity contribution in [3.05, 3.63) is 108 Å². The summed E-state index contributed by atoms with van der Waals surface area (Å²) in [6.45, 7) is 1.25. The smallest absolute Gasteiger partial charge is 0.258 e. The van der Waals surface area contributed by atoms with E-state index in [1.54, 1.807) is 42.5 Å². The second-order valence-corrected chi connectivity index (χ2v) is 8.58. The van der Waals surface area contributed by atoms with Crippen molar-refractivity contribution >= 4 is 29.4 Å². The average molecular weight is 496 g/mol. The highest BCUT2D eigenvalue weighted by Gasteiger charge is 2.24. The van der Waals surface area contributed by atoms with Crippen molar-refractivity contribution in [3.63, 3.8) is 0 Å². The van der Waals surface area contributed by atoms with Gasteiger partial charge in [-0.15, -0.1) is 0 Å². The number of ketones is 1. The van der Waals surface area contributed by atoms with Crippen molar-refractivity contribution in [3.8, 4) is 11.5 Å². The van der Waals surface area contributed by atoms with Gasteiger partial charge in [0.15, 0.2) is 5.78 Å². The Labute approximate surface area is 216 Å². The summed E-state index contributed by atoms with van der Waals surface area (Å²) in [4.78, 5) is 36.8. The summed E-state index contributed by atoms with van der Waals surface area (Å²) in [7, 11) is 0. The van der Waals surface area contributed by atoms with Crippen LogP contribution in [0, 0.1) is 0 Å². The number of anilines is 1. The zero-order valence-corrected chi connectivity index (χ0v) is 20.5. The Morgan fingerprint density at radius 3 is 1.78 bits per heavy atom. The van der Waals surface area contributed by atoms with E-state index in [4.69, 9.17) is 9.47 Å². The van der Waals surface area contributed by atoms with Crippen LogP contribution in [-0.4, -0.2) is 30.8 Å². The highest BCUT2D eigenvalue weighted by atomic mass is 16.5. The second-order valence-electron chi connectivity index (χ2n) is 8.58. The predicted octanol–water partition coefficient (Wildman–Crippen LogP) is 6.03. The van der Waals surface area contributed by atoms with Crippen LogP contribution in [0.15, 0.2) is 97.1 Å². The minimum absolute atomic E-state index is 0.0186. The largest absolute Gasteiger partial charge is 0.494 e. The maximum atomic E-state index is 12.2. The third kappa shape index (κ3) is 7.51. The molecule has 1 aliphatic heterocycles. The zero-order chi connectivity index (χ0) is 25.9. The van der Waals surface area contributed by atoms with Gasteiger partial charge >= 0.3 is 0 Å². The molecule has 4 rings (SSSR count). The molecule has 6 heteroatoms. The van der Waals surface area contributed by atoms with E-state index < -0.39 is 0 Å². The van der Waals surface area contributed by atoms with Crippen LogP contribution in [-0.2, 0) is 9.59 Å².